The van der Waals surface area contributed by atoms with Gasteiger partial charge in [0, 0.05) is 40.7 Å². The molecule has 4 fully saturated rings. The molecule has 4 aliphatic rings. The van der Waals surface area contributed by atoms with Gasteiger partial charge in [-0.25, -0.2) is 0 Å². The first-order valence-electron chi connectivity index (χ1n) is 15.4. The van der Waals surface area contributed by atoms with E-state index in [2.05, 4.69) is 73.0 Å². The maximum Gasteiger partial charge on any atom is 0.454 e. The van der Waals surface area contributed by atoms with Crippen LogP contribution < -0.4 is 0 Å². The zero-order valence-corrected chi connectivity index (χ0v) is 33.6. The third kappa shape index (κ3) is 16.6. The van der Waals surface area contributed by atoms with E-state index in [-0.39, 0.29) is 38.0 Å². The third-order valence-corrected chi connectivity index (χ3v) is 15.6. The minimum atomic E-state index is -3.37. The highest BCUT2D eigenvalue weighted by molar-refractivity contribution is 14.1. The van der Waals surface area contributed by atoms with E-state index in [9.17, 15) is 21.0 Å². The van der Waals surface area contributed by atoms with Gasteiger partial charge in [0.05, 0.1) is 45.5 Å². The van der Waals surface area contributed by atoms with Gasteiger partial charge in [-0.2, -0.15) is 13.5 Å². The van der Waals surface area contributed by atoms with Crippen molar-refractivity contribution in [3.63, 3.8) is 0 Å². The molecule has 4 aliphatic heterocycles. The van der Waals surface area contributed by atoms with Gasteiger partial charge in [-0.15, -0.1) is 0 Å². The Balaban J connectivity index is 0.000000316. The fourth-order valence-electron chi connectivity index (χ4n) is 5.10. The first kappa shape index (κ1) is 44.9. The minimum Gasteiger partial charge on any atom is -0.403 e. The molecule has 0 aromatic carbocycles. The highest BCUT2D eigenvalue weighted by Crippen LogP contribution is 2.36. The van der Waals surface area contributed by atoms with Crippen LogP contribution in [-0.2, 0) is 52.2 Å². The van der Waals surface area contributed by atoms with E-state index in [1.54, 1.807) is 0 Å². The SMILES string of the molecule is C.C=S1(=O)CCC(O)CC1.C=S1(=O)CCC(OS(C)(=O)=O)CC1.C=S1(=O)CCC(n2cc(I)cn2)CC1.CB1OC(C)(C)C(C)(C)O1. The van der Waals surface area contributed by atoms with Crippen molar-refractivity contribution in [1.29, 1.82) is 0 Å². The lowest BCUT2D eigenvalue weighted by atomic mass is 9.90. The summed E-state index contributed by atoms with van der Waals surface area (Å²) in [5.74, 6) is 14.6. The molecule has 1 N–H and O–H groups in total. The van der Waals surface area contributed by atoms with Crippen molar-refractivity contribution in [2.75, 3.05) is 40.8 Å². The first-order valence-corrected chi connectivity index (χ1v) is 24.5. The predicted octanol–water partition coefficient (Wildman–Crippen LogP) is 3.58. The summed E-state index contributed by atoms with van der Waals surface area (Å²) in [4.78, 5) is 0. The van der Waals surface area contributed by atoms with Gasteiger partial charge < -0.3 is 14.4 Å². The van der Waals surface area contributed by atoms with Crippen LogP contribution in [0.5, 0.6) is 0 Å². The zero-order valence-electron chi connectivity index (χ0n) is 28.2. The Kier molecular flexibility index (Phi) is 17.1. The number of rotatable bonds is 3. The van der Waals surface area contributed by atoms with Crippen LogP contribution in [0.4, 0.5) is 0 Å². The summed E-state index contributed by atoms with van der Waals surface area (Å²) in [5.41, 5.74) is -0.321. The standard InChI is InChI=1S/C9H13IN2OS.C7H15BO2.C7H14O4S2.C6H12O2S.CH4/c1-14(13)4-2-9(3-5-14)12-7-8(10)6-11-12;1-6(2)7(3,4)10-8(5)9-6;1-12(8)5-3-7(4-6-12)11-13(2,9)10;1-9(8)4-2-6(7)3-5-9;/h6-7,9H,1-5H2;1-5H3;7H,1,3-6H2,2H3;6-7H,1-5H2;1H4. The van der Waals surface area contributed by atoms with Crippen LogP contribution in [0.1, 0.15) is 79.7 Å². The Bertz CT molecular complexity index is 1520. The molecule has 11 nitrogen and oxygen atoms in total. The van der Waals surface area contributed by atoms with E-state index in [1.165, 1.54) is 0 Å². The van der Waals surface area contributed by atoms with Gasteiger partial charge in [-0.3, -0.25) is 21.5 Å². The lowest BCUT2D eigenvalue weighted by Gasteiger charge is -2.32. The summed E-state index contributed by atoms with van der Waals surface area (Å²) in [7, 11) is -8.92. The number of aromatic nitrogens is 2. The van der Waals surface area contributed by atoms with Gasteiger partial charge in [0.2, 0.25) is 0 Å². The number of hydrogen-bond acceptors (Lipinski definition) is 10. The van der Waals surface area contributed by atoms with Gasteiger partial charge in [0.15, 0.2) is 0 Å². The molecule has 0 amide bonds. The molecule has 0 spiro atoms. The first-order chi connectivity index (χ1) is 20.8. The van der Waals surface area contributed by atoms with Gasteiger partial charge in [0.25, 0.3) is 10.1 Å². The number of aliphatic hydroxyl groups is 1. The van der Waals surface area contributed by atoms with E-state index in [1.807, 2.05) is 23.9 Å². The van der Waals surface area contributed by atoms with Crippen LogP contribution in [0.3, 0.4) is 0 Å². The summed E-state index contributed by atoms with van der Waals surface area (Å²) in [6.45, 7) is 10.1. The second-order valence-electron chi connectivity index (χ2n) is 13.5. The molecule has 0 bridgehead atoms. The molecule has 0 radical (unpaired) electrons. The predicted molar refractivity (Wildman–Crippen MR) is 211 cm³/mol. The van der Waals surface area contributed by atoms with Crippen LogP contribution in [0.25, 0.3) is 0 Å². The number of nitrogens with zero attached hydrogens (tertiary/aromatic N) is 2. The van der Waals surface area contributed by atoms with Crippen molar-refractivity contribution in [1.82, 2.24) is 9.78 Å². The maximum absolute atomic E-state index is 11.6. The Morgan fingerprint density at radius 1 is 0.894 bits per heavy atom. The van der Waals surface area contributed by atoms with E-state index in [0.717, 1.165) is 34.2 Å². The van der Waals surface area contributed by atoms with E-state index in [0.29, 0.717) is 54.7 Å². The largest absolute Gasteiger partial charge is 0.454 e. The molecule has 1 aromatic rings. The fourth-order valence-corrected chi connectivity index (χ4v) is 11.0. The summed E-state index contributed by atoms with van der Waals surface area (Å²) < 4.78 is 74.7. The van der Waals surface area contributed by atoms with E-state index >= 15 is 0 Å². The van der Waals surface area contributed by atoms with Crippen LogP contribution in [0.15, 0.2) is 12.4 Å². The van der Waals surface area contributed by atoms with Crippen LogP contribution in [0.2, 0.25) is 6.82 Å². The molecule has 47 heavy (non-hydrogen) atoms. The highest BCUT2D eigenvalue weighted by atomic mass is 127. The quantitative estimate of drug-likeness (QED) is 0.207. The van der Waals surface area contributed by atoms with Crippen LogP contribution in [-0.4, -0.2) is 125 Å². The summed E-state index contributed by atoms with van der Waals surface area (Å²) in [5, 5.41) is 13.3. The number of halogens is 1. The number of hydrogen-bond donors (Lipinski definition) is 1. The van der Waals surface area contributed by atoms with Crippen molar-refractivity contribution in [3.8, 4) is 0 Å². The molecule has 0 atom stereocenters. The second kappa shape index (κ2) is 17.9. The molecule has 0 saturated carbocycles. The summed E-state index contributed by atoms with van der Waals surface area (Å²) >= 11 is 2.25. The average molecular weight is 857 g/mol. The molecule has 4 saturated heterocycles. The lowest BCUT2D eigenvalue weighted by Crippen LogP contribution is -2.41. The third-order valence-electron chi connectivity index (χ3n) is 8.54. The van der Waals surface area contributed by atoms with Gasteiger partial charge in [-0.05, 0) is 142 Å². The summed E-state index contributed by atoms with van der Waals surface area (Å²) in [6, 6.07) is 0.426. The van der Waals surface area contributed by atoms with Crippen LogP contribution in [0, 0.1) is 3.57 Å². The average Bonchev–Trinajstić information content (AvgIpc) is 3.40. The van der Waals surface area contributed by atoms with Gasteiger partial charge in [-0.1, -0.05) is 7.43 Å². The van der Waals surface area contributed by atoms with E-state index in [4.69, 9.17) is 18.6 Å². The Hall–Kier alpha value is -0.145. The highest BCUT2D eigenvalue weighted by Gasteiger charge is 2.48. The van der Waals surface area contributed by atoms with Crippen molar-refractivity contribution < 1.29 is 39.6 Å². The summed E-state index contributed by atoms with van der Waals surface area (Å²) in [6.07, 6.45) is 8.68. The molecular formula is C30H58BIN2O9S4. The lowest BCUT2D eigenvalue weighted by molar-refractivity contribution is 0.00578. The van der Waals surface area contributed by atoms with Crippen LogP contribution >= 0.6 is 22.6 Å². The Morgan fingerprint density at radius 2 is 1.28 bits per heavy atom. The van der Waals surface area contributed by atoms with E-state index < -0.39 is 38.7 Å². The molecule has 5 heterocycles. The van der Waals surface area contributed by atoms with Crippen molar-refractivity contribution in [2.24, 2.45) is 0 Å². The normalized spacial score (nSPS) is 34.6. The molecular weight excluding hydrogens is 798 g/mol. The molecule has 0 unspecified atom stereocenters. The molecule has 0 aliphatic carbocycles. The Labute approximate surface area is 300 Å². The van der Waals surface area contributed by atoms with Crippen molar-refractivity contribution in [2.45, 2.75) is 110 Å². The minimum absolute atomic E-state index is 0. The van der Waals surface area contributed by atoms with Gasteiger partial charge >= 0.3 is 7.12 Å². The topological polar surface area (TPSA) is 151 Å². The molecule has 17 heteroatoms. The fraction of sp³-hybridized carbons (Fsp3) is 0.800. The monoisotopic (exact) mass is 856 g/mol. The Morgan fingerprint density at radius 3 is 1.57 bits per heavy atom. The van der Waals surface area contributed by atoms with Gasteiger partial charge in [0.1, 0.15) is 0 Å². The maximum atomic E-state index is 11.6. The number of aliphatic hydroxyl groups excluding tert-OH is 1. The zero-order chi connectivity index (χ0) is 35.2. The van der Waals surface area contributed by atoms with Crippen molar-refractivity contribution >= 4 is 86.0 Å². The molecule has 1 aromatic heterocycles. The molecule has 276 valence electrons. The molecule has 5 rings (SSSR count). The smallest absolute Gasteiger partial charge is 0.403 e. The van der Waals surface area contributed by atoms with Crippen molar-refractivity contribution in [3.05, 3.63) is 16.0 Å². The second-order valence-corrected chi connectivity index (χ2v) is 24.6.